The van der Waals surface area contributed by atoms with E-state index in [0.717, 1.165) is 31.2 Å². The molecule has 28 heavy (non-hydrogen) atoms. The highest BCUT2D eigenvalue weighted by atomic mass is 35.5. The summed E-state index contributed by atoms with van der Waals surface area (Å²) in [5, 5.41) is 8.48. The Hall–Kier alpha value is -2.57. The lowest BCUT2D eigenvalue weighted by Crippen LogP contribution is -2.19. The number of para-hydroxylation sites is 1. The van der Waals surface area contributed by atoms with Crippen molar-refractivity contribution in [1.29, 1.82) is 0 Å². The molecular formula is C21H29ClN4O2. The van der Waals surface area contributed by atoms with Crippen LogP contribution in [0.4, 0.5) is 21.9 Å². The zero-order chi connectivity index (χ0) is 19.5. The molecule has 0 heterocycles. The topological polar surface area (TPSA) is 96.2 Å². The Bertz CT molecular complexity index is 753. The van der Waals surface area contributed by atoms with Gasteiger partial charge < -0.3 is 21.7 Å². The lowest BCUT2D eigenvalue weighted by molar-refractivity contribution is -0.116. The Morgan fingerprint density at radius 1 is 0.857 bits per heavy atom. The minimum Gasteiger partial charge on any atom is -0.330 e. The number of halogens is 1. The third-order valence-electron chi connectivity index (χ3n) is 4.16. The highest BCUT2D eigenvalue weighted by Gasteiger charge is 2.08. The third kappa shape index (κ3) is 8.41. The number of benzene rings is 2. The maximum Gasteiger partial charge on any atom is 0.323 e. The van der Waals surface area contributed by atoms with Crippen LogP contribution in [0.15, 0.2) is 48.5 Å². The SMILES string of the molecule is Cc1ccc(NC(=O)Nc2ccccc2)cc1NC(=O)CCCCCCN.Cl. The van der Waals surface area contributed by atoms with E-state index < -0.39 is 0 Å². The number of hydrogen-bond acceptors (Lipinski definition) is 3. The van der Waals surface area contributed by atoms with Crippen molar-refractivity contribution in [1.82, 2.24) is 0 Å². The average molecular weight is 405 g/mol. The standard InChI is InChI=1S/C21H28N4O2.ClH/c1-16-12-13-18(24-21(27)23-17-9-5-4-6-10-17)15-19(16)25-20(26)11-7-2-3-8-14-22;/h4-6,9-10,12-13,15H,2-3,7-8,11,14,22H2,1H3,(H,25,26)(H2,23,24,27);1H. The first-order valence-corrected chi connectivity index (χ1v) is 9.32. The molecule has 0 aromatic heterocycles. The molecule has 5 N–H and O–H groups in total. The Balaban J connectivity index is 0.00000392. The van der Waals surface area contributed by atoms with Crippen LogP contribution in [0.2, 0.25) is 0 Å². The molecule has 0 saturated heterocycles. The van der Waals surface area contributed by atoms with Gasteiger partial charge in [0.05, 0.1) is 0 Å². The van der Waals surface area contributed by atoms with E-state index in [2.05, 4.69) is 16.0 Å². The monoisotopic (exact) mass is 404 g/mol. The smallest absolute Gasteiger partial charge is 0.323 e. The number of aryl methyl sites for hydroxylation is 1. The summed E-state index contributed by atoms with van der Waals surface area (Å²) >= 11 is 0. The molecule has 3 amide bonds. The number of hydrogen-bond donors (Lipinski definition) is 4. The van der Waals surface area contributed by atoms with Gasteiger partial charge in [-0.2, -0.15) is 0 Å². The second kappa shape index (κ2) is 12.8. The van der Waals surface area contributed by atoms with Gasteiger partial charge in [0, 0.05) is 23.5 Å². The highest BCUT2D eigenvalue weighted by molar-refractivity contribution is 6.00. The van der Waals surface area contributed by atoms with Gasteiger partial charge in [0.1, 0.15) is 0 Å². The Labute approximate surface area is 172 Å². The molecule has 2 rings (SSSR count). The van der Waals surface area contributed by atoms with Gasteiger partial charge in [-0.05, 0) is 56.1 Å². The summed E-state index contributed by atoms with van der Waals surface area (Å²) in [7, 11) is 0. The van der Waals surface area contributed by atoms with E-state index in [0.29, 0.717) is 30.0 Å². The molecule has 2 aromatic rings. The van der Waals surface area contributed by atoms with Crippen molar-refractivity contribution in [2.75, 3.05) is 22.5 Å². The quantitative estimate of drug-likeness (QED) is 0.447. The Morgan fingerprint density at radius 2 is 1.54 bits per heavy atom. The number of nitrogens with two attached hydrogens (primary N) is 1. The number of nitrogens with one attached hydrogen (secondary N) is 3. The van der Waals surface area contributed by atoms with Gasteiger partial charge in [-0.25, -0.2) is 4.79 Å². The van der Waals surface area contributed by atoms with Gasteiger partial charge in [0.15, 0.2) is 0 Å². The summed E-state index contributed by atoms with van der Waals surface area (Å²) in [5.74, 6) is -0.0169. The van der Waals surface area contributed by atoms with Crippen molar-refractivity contribution in [3.05, 3.63) is 54.1 Å². The van der Waals surface area contributed by atoms with Crippen molar-refractivity contribution < 1.29 is 9.59 Å². The molecule has 0 unspecified atom stereocenters. The third-order valence-corrected chi connectivity index (χ3v) is 4.16. The van der Waals surface area contributed by atoms with E-state index in [1.807, 2.05) is 49.4 Å². The summed E-state index contributed by atoms with van der Waals surface area (Å²) in [6.45, 7) is 2.62. The Kier molecular flexibility index (Phi) is 10.7. The summed E-state index contributed by atoms with van der Waals surface area (Å²) in [4.78, 5) is 24.2. The molecule has 7 heteroatoms. The predicted molar refractivity (Wildman–Crippen MR) is 118 cm³/mol. The van der Waals surface area contributed by atoms with E-state index in [4.69, 9.17) is 5.73 Å². The molecule has 0 spiro atoms. The van der Waals surface area contributed by atoms with Crippen LogP contribution in [0.5, 0.6) is 0 Å². The summed E-state index contributed by atoms with van der Waals surface area (Å²) in [6, 6.07) is 14.3. The van der Waals surface area contributed by atoms with Crippen LogP contribution in [0.1, 0.15) is 37.7 Å². The molecule has 0 aliphatic heterocycles. The lowest BCUT2D eigenvalue weighted by atomic mass is 10.1. The molecule has 0 aliphatic rings. The van der Waals surface area contributed by atoms with Gasteiger partial charge in [-0.3, -0.25) is 4.79 Å². The van der Waals surface area contributed by atoms with Crippen LogP contribution in [-0.2, 0) is 4.79 Å². The molecular weight excluding hydrogens is 376 g/mol. The number of unbranched alkanes of at least 4 members (excludes halogenated alkanes) is 3. The summed E-state index contributed by atoms with van der Waals surface area (Å²) < 4.78 is 0. The Morgan fingerprint density at radius 3 is 2.25 bits per heavy atom. The first kappa shape index (κ1) is 23.5. The zero-order valence-electron chi connectivity index (χ0n) is 16.2. The minimum absolute atomic E-state index is 0. The molecule has 152 valence electrons. The van der Waals surface area contributed by atoms with Crippen LogP contribution in [0, 0.1) is 6.92 Å². The van der Waals surface area contributed by atoms with Crippen LogP contribution >= 0.6 is 12.4 Å². The minimum atomic E-state index is -0.331. The molecule has 0 bridgehead atoms. The van der Waals surface area contributed by atoms with Gasteiger partial charge in [-0.1, -0.05) is 37.1 Å². The van der Waals surface area contributed by atoms with Crippen molar-refractivity contribution in [3.8, 4) is 0 Å². The second-order valence-corrected chi connectivity index (χ2v) is 6.48. The summed E-state index contributed by atoms with van der Waals surface area (Å²) in [6.07, 6.45) is 4.39. The molecule has 0 saturated carbocycles. The number of amides is 3. The molecule has 0 fully saturated rings. The van der Waals surface area contributed by atoms with Crippen molar-refractivity contribution >= 4 is 41.4 Å². The highest BCUT2D eigenvalue weighted by Crippen LogP contribution is 2.21. The van der Waals surface area contributed by atoms with Crippen molar-refractivity contribution in [2.24, 2.45) is 5.73 Å². The van der Waals surface area contributed by atoms with E-state index in [1.54, 1.807) is 6.07 Å². The fourth-order valence-corrected chi connectivity index (χ4v) is 2.65. The maximum atomic E-state index is 12.1. The lowest BCUT2D eigenvalue weighted by Gasteiger charge is -2.12. The molecule has 2 aromatic carbocycles. The van der Waals surface area contributed by atoms with Gasteiger partial charge in [-0.15, -0.1) is 12.4 Å². The summed E-state index contributed by atoms with van der Waals surface area (Å²) in [5.41, 5.74) is 8.45. The van der Waals surface area contributed by atoms with Crippen LogP contribution in [-0.4, -0.2) is 18.5 Å². The van der Waals surface area contributed by atoms with Gasteiger partial charge >= 0.3 is 6.03 Å². The van der Waals surface area contributed by atoms with Crippen LogP contribution in [0.25, 0.3) is 0 Å². The molecule has 6 nitrogen and oxygen atoms in total. The predicted octanol–water partition coefficient (Wildman–Crippen LogP) is 4.91. The number of rotatable bonds is 9. The maximum absolute atomic E-state index is 12.1. The fraction of sp³-hybridized carbons (Fsp3) is 0.333. The molecule has 0 atom stereocenters. The fourth-order valence-electron chi connectivity index (χ4n) is 2.65. The van der Waals surface area contributed by atoms with E-state index in [9.17, 15) is 9.59 Å². The van der Waals surface area contributed by atoms with E-state index in [1.165, 1.54) is 0 Å². The first-order chi connectivity index (χ1) is 13.1. The van der Waals surface area contributed by atoms with E-state index in [-0.39, 0.29) is 24.3 Å². The number of anilines is 3. The second-order valence-electron chi connectivity index (χ2n) is 6.48. The largest absolute Gasteiger partial charge is 0.330 e. The van der Waals surface area contributed by atoms with Crippen LogP contribution in [0.3, 0.4) is 0 Å². The van der Waals surface area contributed by atoms with Crippen LogP contribution < -0.4 is 21.7 Å². The van der Waals surface area contributed by atoms with Gasteiger partial charge in [0.2, 0.25) is 5.91 Å². The first-order valence-electron chi connectivity index (χ1n) is 9.32. The number of carbonyl (C=O) groups is 2. The van der Waals surface area contributed by atoms with Gasteiger partial charge in [0.25, 0.3) is 0 Å². The number of urea groups is 1. The van der Waals surface area contributed by atoms with Crippen molar-refractivity contribution in [3.63, 3.8) is 0 Å². The van der Waals surface area contributed by atoms with E-state index >= 15 is 0 Å². The average Bonchev–Trinajstić information content (AvgIpc) is 2.65. The molecule has 0 aliphatic carbocycles. The molecule has 0 radical (unpaired) electrons. The van der Waals surface area contributed by atoms with Crippen molar-refractivity contribution in [2.45, 2.75) is 39.0 Å². The normalized spacial score (nSPS) is 9.93. The number of carbonyl (C=O) groups excluding carboxylic acids is 2. The zero-order valence-corrected chi connectivity index (χ0v) is 17.0.